The number of aromatic nitrogens is 4. The first-order valence-electron chi connectivity index (χ1n) is 35.4. The van der Waals surface area contributed by atoms with Gasteiger partial charge in [-0.15, -0.1) is 22.7 Å². The third kappa shape index (κ3) is 20.1. The van der Waals surface area contributed by atoms with Gasteiger partial charge in [-0.1, -0.05) is 152 Å². The van der Waals surface area contributed by atoms with E-state index in [1.807, 2.05) is 146 Å². The number of ether oxygens (including phenoxy) is 2. The van der Waals surface area contributed by atoms with E-state index in [1.54, 1.807) is 52.8 Å². The van der Waals surface area contributed by atoms with Gasteiger partial charge in [-0.3, -0.25) is 28.8 Å². The monoisotopic (exact) mass is 1430 g/mol. The van der Waals surface area contributed by atoms with Crippen molar-refractivity contribution in [3.05, 3.63) is 212 Å². The van der Waals surface area contributed by atoms with Crippen molar-refractivity contribution in [1.29, 1.82) is 0 Å². The van der Waals surface area contributed by atoms with E-state index in [2.05, 4.69) is 80.5 Å². The zero-order valence-electron chi connectivity index (χ0n) is 61.6. The molecule has 2 saturated heterocycles. The van der Waals surface area contributed by atoms with Gasteiger partial charge in [0.15, 0.2) is 23.2 Å². The highest BCUT2D eigenvalue weighted by molar-refractivity contribution is 7.14. The summed E-state index contributed by atoms with van der Waals surface area (Å²) in [5.41, 5.74) is 7.93. The second-order valence-electron chi connectivity index (χ2n) is 31.3. The summed E-state index contributed by atoms with van der Waals surface area (Å²) in [4.78, 5) is 105. The average Bonchev–Trinajstić information content (AvgIpc) is 1.73. The minimum Gasteiger partial charge on any atom is -0.460 e. The Morgan fingerprint density at radius 3 is 1.19 bits per heavy atom. The normalized spacial score (nSPS) is 14.2. The minimum atomic E-state index is -0.603. The van der Waals surface area contributed by atoms with E-state index in [4.69, 9.17) is 9.47 Å². The lowest BCUT2D eigenvalue weighted by Gasteiger charge is -2.40. The molecule has 0 radical (unpaired) electrons. The summed E-state index contributed by atoms with van der Waals surface area (Å²) in [5, 5.41) is 0. The second kappa shape index (κ2) is 32.2. The van der Waals surface area contributed by atoms with Gasteiger partial charge in [-0.05, 0) is 155 Å². The van der Waals surface area contributed by atoms with E-state index in [0.717, 1.165) is 68.0 Å². The number of rotatable bonds is 22. The van der Waals surface area contributed by atoms with Crippen molar-refractivity contribution in [2.75, 3.05) is 26.2 Å². The van der Waals surface area contributed by atoms with Crippen molar-refractivity contribution in [3.63, 3.8) is 0 Å². The fourth-order valence-corrected chi connectivity index (χ4v) is 14.3. The van der Waals surface area contributed by atoms with Gasteiger partial charge in [0.1, 0.15) is 22.8 Å². The number of nitrogens with zero attached hydrogens (tertiary/aromatic N) is 6. The summed E-state index contributed by atoms with van der Waals surface area (Å²) in [6.45, 7) is 28.7. The molecule has 2 amide bonds. The first kappa shape index (κ1) is 76.4. The third-order valence-corrected chi connectivity index (χ3v) is 21.3. The molecule has 0 N–H and O–H groups in total. The molecule has 4 aromatic heterocycles. The number of hydrogen-bond acceptors (Lipinski definition) is 14. The highest BCUT2D eigenvalue weighted by atomic mass is 32.1. The third-order valence-electron chi connectivity index (χ3n) is 18.2. The zero-order chi connectivity index (χ0) is 74.3. The summed E-state index contributed by atoms with van der Waals surface area (Å²) < 4.78 is 40.9. The Morgan fingerprint density at radius 2 is 0.835 bits per heavy atom. The number of esters is 2. The summed E-state index contributed by atoms with van der Waals surface area (Å²) in [5.74, 6) is -2.64. The second-order valence-corrected chi connectivity index (χ2v) is 33.5. The van der Waals surface area contributed by atoms with Crippen LogP contribution in [0.25, 0.3) is 56.2 Å². The number of unbranched alkanes of at least 4 members (excludes halogenated alkanes) is 1. The highest BCUT2D eigenvalue weighted by Gasteiger charge is 2.43. The van der Waals surface area contributed by atoms with Crippen LogP contribution < -0.4 is 0 Å². The van der Waals surface area contributed by atoms with E-state index in [1.165, 1.54) is 34.3 Å². The molecule has 103 heavy (non-hydrogen) atoms. The number of thiophene rings is 2. The Bertz CT molecular complexity index is 4490. The highest BCUT2D eigenvalue weighted by Crippen LogP contribution is 2.36. The van der Waals surface area contributed by atoms with Gasteiger partial charge in [-0.2, -0.15) is 0 Å². The number of halogens is 2. The lowest BCUT2D eigenvalue weighted by molar-refractivity contribution is -0.170. The van der Waals surface area contributed by atoms with Crippen molar-refractivity contribution in [2.45, 2.75) is 164 Å². The molecule has 0 spiro atoms. The van der Waals surface area contributed by atoms with Crippen LogP contribution in [0.1, 0.15) is 167 Å². The fraction of sp³-hybridized carbons (Fsp3) is 0.388. The van der Waals surface area contributed by atoms with E-state index < -0.39 is 23.0 Å². The Morgan fingerprint density at radius 1 is 0.466 bits per heavy atom. The summed E-state index contributed by atoms with van der Waals surface area (Å²) >= 11 is 2.95. The molecule has 2 fully saturated rings. The lowest BCUT2D eigenvalue weighted by Crippen LogP contribution is -2.56. The van der Waals surface area contributed by atoms with E-state index in [9.17, 15) is 33.2 Å². The van der Waals surface area contributed by atoms with Crippen LogP contribution in [0.15, 0.2) is 158 Å². The first-order valence-corrected chi connectivity index (χ1v) is 37.1. The summed E-state index contributed by atoms with van der Waals surface area (Å²) in [7, 11) is 0. The molecule has 18 heteroatoms. The Kier molecular flexibility index (Phi) is 23.9. The predicted octanol–water partition coefficient (Wildman–Crippen LogP) is 18.4. The lowest BCUT2D eigenvalue weighted by atomic mass is 9.89. The van der Waals surface area contributed by atoms with Crippen molar-refractivity contribution in [2.24, 2.45) is 23.7 Å². The molecule has 0 saturated carbocycles. The van der Waals surface area contributed by atoms with Crippen LogP contribution in [0.2, 0.25) is 0 Å². The zero-order valence-corrected chi connectivity index (χ0v) is 63.3. The van der Waals surface area contributed by atoms with Crippen molar-refractivity contribution < 1.29 is 47.0 Å². The van der Waals surface area contributed by atoms with Gasteiger partial charge in [-0.25, -0.2) is 28.7 Å². The molecule has 0 aliphatic carbocycles. The number of hydrogen-bond donors (Lipinski definition) is 0. The number of carbonyl (C=O) groups excluding carboxylic acids is 6. The standard InChI is InChI=1S/C47H52FN3O4S.C38H42FN3O4S/c1-8-9-10-30-11-15-32(16-12-30)34-19-20-38(39(48)24-34)36-26-49-43(50-27-36)33-17-13-31(14-18-33)23-35(25-40(52)41-21-22-42(56-41)46(2,3)4)44(53)51-28-37(29-51)45(54)55-47(5,6)7;1-23-8-13-29(30(39)16-23)27-19-40-34(41-20-27)25-11-9-24(10-12-25)17-26(18-31(43)32-14-15-33(47-32)37(2,3)4)35(44)42-21-28(22-42)36(45)46-38(5,6)7/h11-22,24,26-27,35,37H,8-10,23,25,28-29H2,1-7H3;8-16,19-20,26,28H,17-18,21-22H2,1-7H3/t35-;26-/m11/s1. The van der Waals surface area contributed by atoms with Crippen LogP contribution >= 0.6 is 22.7 Å². The molecule has 6 heterocycles. The molecular formula is C85H94F2N6O8S2. The number of Topliss-reactive ketones (excluding diaryl/α,β-unsaturated/α-hetero) is 2. The smallest absolute Gasteiger partial charge is 0.313 e. The van der Waals surface area contributed by atoms with Crippen molar-refractivity contribution >= 4 is 58.0 Å². The van der Waals surface area contributed by atoms with Crippen LogP contribution in [-0.4, -0.2) is 102 Å². The van der Waals surface area contributed by atoms with Crippen molar-refractivity contribution in [3.8, 4) is 56.2 Å². The van der Waals surface area contributed by atoms with Crippen LogP contribution in [0.5, 0.6) is 0 Å². The van der Waals surface area contributed by atoms with Gasteiger partial charge in [0.25, 0.3) is 0 Å². The topological polar surface area (TPSA) is 179 Å². The fourth-order valence-electron chi connectivity index (χ4n) is 12.2. The van der Waals surface area contributed by atoms with E-state index in [-0.39, 0.29) is 109 Å². The molecule has 2 aliphatic rings. The van der Waals surface area contributed by atoms with E-state index in [0.29, 0.717) is 56.5 Å². The largest absolute Gasteiger partial charge is 0.460 e. The number of carbonyl (C=O) groups is 6. The molecule has 9 aromatic rings. The van der Waals surface area contributed by atoms with Gasteiger partial charge >= 0.3 is 11.9 Å². The van der Waals surface area contributed by atoms with Crippen LogP contribution in [-0.2, 0) is 58.7 Å². The number of likely N-dealkylation sites (tertiary alicyclic amines) is 2. The molecule has 0 bridgehead atoms. The quantitative estimate of drug-likeness (QED) is 0.0464. The van der Waals surface area contributed by atoms with Gasteiger partial charge in [0, 0.05) is 119 Å². The number of ketones is 2. The van der Waals surface area contributed by atoms with Gasteiger partial charge in [0.2, 0.25) is 11.8 Å². The summed E-state index contributed by atoms with van der Waals surface area (Å²) in [6, 6.07) is 41.5. The summed E-state index contributed by atoms with van der Waals surface area (Å²) in [6.07, 6.45) is 10.7. The SMILES string of the molecule is CCCCc1ccc(-c2ccc(-c3cnc(-c4ccc(C[C@H](CC(=O)c5ccc(C(C)(C)C)s5)C(=O)N5CC(C(=O)OC(C)(C)C)C5)cc4)nc3)c(F)c2)cc1.Cc1ccc(-c2cnc(-c3ccc(C[C@H](CC(=O)c4ccc(C(C)(C)C)s4)C(=O)N4CC(C(=O)OC(C)(C)C)C4)cc3)nc2)c(F)c1. The number of amides is 2. The Hall–Kier alpha value is -9.26. The van der Waals surface area contributed by atoms with Crippen LogP contribution in [0.4, 0.5) is 8.78 Å². The molecule has 14 nitrogen and oxygen atoms in total. The van der Waals surface area contributed by atoms with Crippen LogP contribution in [0, 0.1) is 42.2 Å². The van der Waals surface area contributed by atoms with Crippen LogP contribution in [0.3, 0.4) is 0 Å². The molecule has 11 rings (SSSR count). The van der Waals surface area contributed by atoms with Gasteiger partial charge < -0.3 is 19.3 Å². The molecule has 0 unspecified atom stereocenters. The number of benzene rings is 5. The predicted molar refractivity (Wildman–Crippen MR) is 405 cm³/mol. The Labute approximate surface area is 612 Å². The first-order chi connectivity index (χ1) is 48.6. The maximum Gasteiger partial charge on any atom is 0.313 e. The van der Waals surface area contributed by atoms with E-state index >= 15 is 4.39 Å². The maximum atomic E-state index is 15.4. The molecule has 2 atom stereocenters. The minimum absolute atomic E-state index is 0.0612. The Balaban J connectivity index is 0.000000225. The maximum absolute atomic E-state index is 15.4. The van der Waals surface area contributed by atoms with Crippen molar-refractivity contribution in [1.82, 2.24) is 29.7 Å². The molecular weight excluding hydrogens is 1340 g/mol. The molecule has 5 aromatic carbocycles. The number of aryl methyl sites for hydroxylation is 2. The average molecular weight is 1430 g/mol. The molecule has 538 valence electrons. The van der Waals surface area contributed by atoms with Gasteiger partial charge in [0.05, 0.1) is 21.6 Å². The molecule has 2 aliphatic heterocycles.